The van der Waals surface area contributed by atoms with E-state index in [2.05, 4.69) is 17.1 Å². The van der Waals surface area contributed by atoms with Crippen LogP contribution >= 0.6 is 0 Å². The lowest BCUT2D eigenvalue weighted by Gasteiger charge is -2.33. The highest BCUT2D eigenvalue weighted by Crippen LogP contribution is 2.13. The van der Waals surface area contributed by atoms with Crippen LogP contribution in [-0.4, -0.2) is 37.1 Å². The van der Waals surface area contributed by atoms with Crippen LogP contribution in [0.4, 0.5) is 4.39 Å². The second kappa shape index (κ2) is 7.61. The van der Waals surface area contributed by atoms with Crippen molar-refractivity contribution in [3.05, 3.63) is 35.6 Å². The van der Waals surface area contributed by atoms with E-state index in [0.717, 1.165) is 38.2 Å². The van der Waals surface area contributed by atoms with E-state index in [1.807, 2.05) is 12.1 Å². The number of piperidine rings is 1. The number of halogens is 1. The van der Waals surface area contributed by atoms with Crippen molar-refractivity contribution in [2.24, 2.45) is 0 Å². The van der Waals surface area contributed by atoms with Crippen LogP contribution < -0.4 is 5.32 Å². The fourth-order valence-electron chi connectivity index (χ4n) is 2.75. The van der Waals surface area contributed by atoms with Gasteiger partial charge in [-0.05, 0) is 50.4 Å². The van der Waals surface area contributed by atoms with Gasteiger partial charge in [0.05, 0.1) is 0 Å². The Morgan fingerprint density at radius 3 is 3.00 bits per heavy atom. The summed E-state index contributed by atoms with van der Waals surface area (Å²) in [5.41, 5.74) is 0.839. The monoisotopic (exact) mass is 264 g/mol. The summed E-state index contributed by atoms with van der Waals surface area (Å²) < 4.78 is 13.6. The molecule has 0 amide bonds. The van der Waals surface area contributed by atoms with Gasteiger partial charge in [0.2, 0.25) is 0 Å². The van der Waals surface area contributed by atoms with Crippen LogP contribution in [-0.2, 0) is 6.42 Å². The second-order valence-electron chi connectivity index (χ2n) is 5.44. The van der Waals surface area contributed by atoms with Crippen LogP contribution in [0.2, 0.25) is 0 Å². The Kier molecular flexibility index (Phi) is 5.80. The molecule has 0 bridgehead atoms. The van der Waals surface area contributed by atoms with Gasteiger partial charge in [0.15, 0.2) is 0 Å². The SMILES string of the molecule is CCCNC1CCCN(CCc2ccccc2F)C1. The minimum Gasteiger partial charge on any atom is -0.313 e. The van der Waals surface area contributed by atoms with Crippen molar-refractivity contribution in [2.75, 3.05) is 26.2 Å². The average Bonchev–Trinajstić information content (AvgIpc) is 2.45. The van der Waals surface area contributed by atoms with Crippen molar-refractivity contribution < 1.29 is 4.39 Å². The summed E-state index contributed by atoms with van der Waals surface area (Å²) >= 11 is 0. The Morgan fingerprint density at radius 1 is 1.37 bits per heavy atom. The van der Waals surface area contributed by atoms with Crippen molar-refractivity contribution in [1.29, 1.82) is 0 Å². The first-order chi connectivity index (χ1) is 9.29. The lowest BCUT2D eigenvalue weighted by Crippen LogP contribution is -2.46. The summed E-state index contributed by atoms with van der Waals surface area (Å²) in [5.74, 6) is -0.0693. The number of likely N-dealkylation sites (tertiary alicyclic amines) is 1. The molecule has 1 fully saturated rings. The van der Waals surface area contributed by atoms with E-state index in [4.69, 9.17) is 0 Å². The molecule has 2 rings (SSSR count). The van der Waals surface area contributed by atoms with Crippen LogP contribution in [0.5, 0.6) is 0 Å². The first-order valence-corrected chi connectivity index (χ1v) is 7.48. The summed E-state index contributed by atoms with van der Waals surface area (Å²) in [6, 6.07) is 7.74. The van der Waals surface area contributed by atoms with Gasteiger partial charge in [-0.25, -0.2) is 4.39 Å². The number of hydrogen-bond donors (Lipinski definition) is 1. The Labute approximate surface area is 116 Å². The molecule has 1 aliphatic heterocycles. The highest BCUT2D eigenvalue weighted by atomic mass is 19.1. The third-order valence-electron chi connectivity index (χ3n) is 3.84. The molecule has 1 aromatic rings. The molecule has 1 aromatic carbocycles. The van der Waals surface area contributed by atoms with Gasteiger partial charge in [0, 0.05) is 19.1 Å². The topological polar surface area (TPSA) is 15.3 Å². The molecule has 0 spiro atoms. The molecule has 1 unspecified atom stereocenters. The number of nitrogens with one attached hydrogen (secondary N) is 1. The Morgan fingerprint density at radius 2 is 2.21 bits per heavy atom. The highest BCUT2D eigenvalue weighted by molar-refractivity contribution is 5.17. The van der Waals surface area contributed by atoms with E-state index >= 15 is 0 Å². The molecular formula is C16H25FN2. The molecule has 1 heterocycles. The fourth-order valence-corrected chi connectivity index (χ4v) is 2.75. The van der Waals surface area contributed by atoms with E-state index in [1.54, 1.807) is 12.1 Å². The lowest BCUT2D eigenvalue weighted by atomic mass is 10.0. The van der Waals surface area contributed by atoms with Gasteiger partial charge in [0.1, 0.15) is 5.82 Å². The fraction of sp³-hybridized carbons (Fsp3) is 0.625. The molecule has 0 radical (unpaired) electrons. The zero-order valence-corrected chi connectivity index (χ0v) is 11.9. The zero-order valence-electron chi connectivity index (χ0n) is 11.9. The standard InChI is InChI=1S/C16H25FN2/c1-2-10-18-15-7-5-11-19(13-15)12-9-14-6-3-4-8-16(14)17/h3-4,6,8,15,18H,2,5,7,9-13H2,1H3. The van der Waals surface area contributed by atoms with Gasteiger partial charge < -0.3 is 10.2 Å². The summed E-state index contributed by atoms with van der Waals surface area (Å²) in [7, 11) is 0. The predicted molar refractivity (Wildman–Crippen MR) is 77.9 cm³/mol. The van der Waals surface area contributed by atoms with Gasteiger partial charge in [-0.1, -0.05) is 25.1 Å². The molecule has 2 nitrogen and oxygen atoms in total. The summed E-state index contributed by atoms with van der Waals surface area (Å²) in [5, 5.41) is 3.60. The Hall–Kier alpha value is -0.930. The quantitative estimate of drug-likeness (QED) is 0.850. The average molecular weight is 264 g/mol. The normalized spacial score (nSPS) is 20.6. The number of nitrogens with zero attached hydrogens (tertiary/aromatic N) is 1. The first-order valence-electron chi connectivity index (χ1n) is 7.48. The van der Waals surface area contributed by atoms with Crippen LogP contribution in [0.25, 0.3) is 0 Å². The van der Waals surface area contributed by atoms with E-state index in [-0.39, 0.29) is 5.82 Å². The summed E-state index contributed by atoms with van der Waals surface area (Å²) in [6.45, 7) is 6.52. The number of hydrogen-bond acceptors (Lipinski definition) is 2. The minimum absolute atomic E-state index is 0.0693. The zero-order chi connectivity index (χ0) is 13.5. The summed E-state index contributed by atoms with van der Waals surface area (Å²) in [6.07, 6.45) is 4.52. The molecule has 19 heavy (non-hydrogen) atoms. The Balaban J connectivity index is 1.78. The van der Waals surface area contributed by atoms with Gasteiger partial charge in [-0.15, -0.1) is 0 Å². The number of benzene rings is 1. The smallest absolute Gasteiger partial charge is 0.126 e. The maximum absolute atomic E-state index is 13.6. The van der Waals surface area contributed by atoms with Crippen molar-refractivity contribution >= 4 is 0 Å². The molecule has 0 aliphatic carbocycles. The molecule has 3 heteroatoms. The van der Waals surface area contributed by atoms with Gasteiger partial charge in [-0.3, -0.25) is 0 Å². The highest BCUT2D eigenvalue weighted by Gasteiger charge is 2.18. The Bertz CT molecular complexity index is 381. The van der Waals surface area contributed by atoms with E-state index in [1.165, 1.54) is 19.3 Å². The third-order valence-corrected chi connectivity index (χ3v) is 3.84. The van der Waals surface area contributed by atoms with E-state index in [0.29, 0.717) is 6.04 Å². The number of rotatable bonds is 6. The van der Waals surface area contributed by atoms with Gasteiger partial charge in [-0.2, -0.15) is 0 Å². The molecule has 1 aliphatic rings. The van der Waals surface area contributed by atoms with Crippen molar-refractivity contribution in [1.82, 2.24) is 10.2 Å². The van der Waals surface area contributed by atoms with Crippen molar-refractivity contribution in [3.8, 4) is 0 Å². The molecule has 106 valence electrons. The first kappa shape index (κ1) is 14.5. The van der Waals surface area contributed by atoms with Gasteiger partial charge in [0.25, 0.3) is 0 Å². The van der Waals surface area contributed by atoms with Crippen LogP contribution in [0.3, 0.4) is 0 Å². The molecular weight excluding hydrogens is 239 g/mol. The van der Waals surface area contributed by atoms with Crippen LogP contribution in [0, 0.1) is 5.82 Å². The molecule has 0 aromatic heterocycles. The lowest BCUT2D eigenvalue weighted by molar-refractivity contribution is 0.192. The van der Waals surface area contributed by atoms with Crippen molar-refractivity contribution in [2.45, 2.75) is 38.6 Å². The van der Waals surface area contributed by atoms with Crippen LogP contribution in [0.1, 0.15) is 31.7 Å². The molecule has 1 N–H and O–H groups in total. The van der Waals surface area contributed by atoms with E-state index in [9.17, 15) is 4.39 Å². The predicted octanol–water partition coefficient (Wildman–Crippen LogP) is 2.83. The van der Waals surface area contributed by atoms with E-state index < -0.39 is 0 Å². The third kappa shape index (κ3) is 4.59. The molecule has 1 saturated heterocycles. The maximum atomic E-state index is 13.6. The maximum Gasteiger partial charge on any atom is 0.126 e. The van der Waals surface area contributed by atoms with Gasteiger partial charge >= 0.3 is 0 Å². The largest absolute Gasteiger partial charge is 0.313 e. The van der Waals surface area contributed by atoms with Crippen LogP contribution in [0.15, 0.2) is 24.3 Å². The minimum atomic E-state index is -0.0693. The molecule has 0 saturated carbocycles. The molecule has 1 atom stereocenters. The summed E-state index contributed by atoms with van der Waals surface area (Å²) in [4.78, 5) is 2.46. The van der Waals surface area contributed by atoms with Crippen molar-refractivity contribution in [3.63, 3.8) is 0 Å². The second-order valence-corrected chi connectivity index (χ2v) is 5.44.